The van der Waals surface area contributed by atoms with Crippen LogP contribution in [-0.4, -0.2) is 5.91 Å². The Hall–Kier alpha value is -2.16. The van der Waals surface area contributed by atoms with Crippen molar-refractivity contribution < 1.29 is 9.18 Å². The number of carbonyl (C=O) groups is 1. The van der Waals surface area contributed by atoms with E-state index in [0.29, 0.717) is 12.8 Å². The molecule has 0 fully saturated rings. The van der Waals surface area contributed by atoms with Crippen LogP contribution in [0.5, 0.6) is 0 Å². The Bertz CT molecular complexity index is 666. The summed E-state index contributed by atoms with van der Waals surface area (Å²) < 4.78 is 13.1. The molecule has 3 rings (SSSR count). The standard InChI is InChI=1S/C18H18FNO/c19-16-6-1-3-13(11-16)7-10-18(21)20-17-9-8-14-4-2-5-15(14)12-17/h1,3,6,8-9,11-12H,2,4-5,7,10H2,(H,20,21). The molecule has 0 saturated carbocycles. The lowest BCUT2D eigenvalue weighted by Gasteiger charge is -2.07. The largest absolute Gasteiger partial charge is 0.326 e. The van der Waals surface area contributed by atoms with Crippen LogP contribution in [0.1, 0.15) is 29.5 Å². The lowest BCUT2D eigenvalue weighted by molar-refractivity contribution is -0.116. The van der Waals surface area contributed by atoms with E-state index < -0.39 is 0 Å². The zero-order valence-corrected chi connectivity index (χ0v) is 11.9. The van der Waals surface area contributed by atoms with Crippen LogP contribution in [0.15, 0.2) is 42.5 Å². The minimum atomic E-state index is -0.258. The van der Waals surface area contributed by atoms with Gasteiger partial charge in [-0.15, -0.1) is 0 Å². The number of rotatable bonds is 4. The normalized spacial score (nSPS) is 13.0. The van der Waals surface area contributed by atoms with E-state index in [2.05, 4.69) is 17.4 Å². The van der Waals surface area contributed by atoms with Crippen molar-refractivity contribution in [2.45, 2.75) is 32.1 Å². The van der Waals surface area contributed by atoms with Gasteiger partial charge in [-0.1, -0.05) is 18.2 Å². The zero-order valence-electron chi connectivity index (χ0n) is 11.9. The fourth-order valence-corrected chi connectivity index (χ4v) is 2.82. The van der Waals surface area contributed by atoms with Gasteiger partial charge in [-0.05, 0) is 66.6 Å². The third-order valence-electron chi connectivity index (χ3n) is 3.91. The first-order chi connectivity index (χ1) is 10.2. The summed E-state index contributed by atoms with van der Waals surface area (Å²) in [5.41, 5.74) is 4.45. The lowest BCUT2D eigenvalue weighted by Crippen LogP contribution is -2.12. The Morgan fingerprint density at radius 2 is 1.95 bits per heavy atom. The number of amides is 1. The maximum absolute atomic E-state index is 13.1. The van der Waals surface area contributed by atoms with Crippen LogP contribution in [0.3, 0.4) is 0 Å². The van der Waals surface area contributed by atoms with E-state index >= 15 is 0 Å². The highest BCUT2D eigenvalue weighted by atomic mass is 19.1. The molecule has 0 aromatic heterocycles. The number of carbonyl (C=O) groups excluding carboxylic acids is 1. The average molecular weight is 283 g/mol. The van der Waals surface area contributed by atoms with Crippen LogP contribution in [0.4, 0.5) is 10.1 Å². The van der Waals surface area contributed by atoms with Gasteiger partial charge < -0.3 is 5.32 Å². The highest BCUT2D eigenvalue weighted by Gasteiger charge is 2.11. The molecule has 2 nitrogen and oxygen atoms in total. The Morgan fingerprint density at radius 1 is 1.10 bits per heavy atom. The van der Waals surface area contributed by atoms with Crippen molar-refractivity contribution in [2.24, 2.45) is 0 Å². The number of aryl methyl sites for hydroxylation is 3. The smallest absolute Gasteiger partial charge is 0.224 e. The SMILES string of the molecule is O=C(CCc1cccc(F)c1)Nc1ccc2c(c1)CCC2. The molecule has 0 atom stereocenters. The number of fused-ring (bicyclic) bond motifs is 1. The zero-order chi connectivity index (χ0) is 14.7. The van der Waals surface area contributed by atoms with Crippen molar-refractivity contribution in [2.75, 3.05) is 5.32 Å². The molecule has 1 aliphatic rings. The molecule has 2 aromatic carbocycles. The Morgan fingerprint density at radius 3 is 2.81 bits per heavy atom. The van der Waals surface area contributed by atoms with Gasteiger partial charge >= 0.3 is 0 Å². The predicted octanol–water partition coefficient (Wildman–Crippen LogP) is 3.89. The molecule has 0 radical (unpaired) electrons. The van der Waals surface area contributed by atoms with E-state index in [1.807, 2.05) is 12.1 Å². The minimum Gasteiger partial charge on any atom is -0.326 e. The van der Waals surface area contributed by atoms with Crippen molar-refractivity contribution >= 4 is 11.6 Å². The van der Waals surface area contributed by atoms with Gasteiger partial charge in [0.15, 0.2) is 0 Å². The summed E-state index contributed by atoms with van der Waals surface area (Å²) in [6, 6.07) is 12.5. The fourth-order valence-electron chi connectivity index (χ4n) is 2.82. The van der Waals surface area contributed by atoms with Crippen molar-refractivity contribution in [3.8, 4) is 0 Å². The number of halogens is 1. The number of hydrogen-bond acceptors (Lipinski definition) is 1. The minimum absolute atomic E-state index is 0.0304. The van der Waals surface area contributed by atoms with E-state index in [4.69, 9.17) is 0 Å². The molecular weight excluding hydrogens is 265 g/mol. The summed E-state index contributed by atoms with van der Waals surface area (Å²) in [4.78, 5) is 12.0. The maximum Gasteiger partial charge on any atom is 0.224 e. The monoisotopic (exact) mass is 283 g/mol. The molecule has 2 aromatic rings. The van der Waals surface area contributed by atoms with Crippen LogP contribution in [0, 0.1) is 5.82 Å². The van der Waals surface area contributed by atoms with Crippen LogP contribution >= 0.6 is 0 Å². The first kappa shape index (κ1) is 13.8. The molecular formula is C18H18FNO. The first-order valence-electron chi connectivity index (χ1n) is 7.37. The molecule has 1 N–H and O–H groups in total. The number of hydrogen-bond donors (Lipinski definition) is 1. The molecule has 0 unspecified atom stereocenters. The Balaban J connectivity index is 1.57. The molecule has 1 amide bonds. The second kappa shape index (κ2) is 6.08. The van der Waals surface area contributed by atoms with E-state index in [9.17, 15) is 9.18 Å². The summed E-state index contributed by atoms with van der Waals surface area (Å²) in [5, 5.41) is 2.92. The number of benzene rings is 2. The van der Waals surface area contributed by atoms with Gasteiger partial charge in [-0.25, -0.2) is 4.39 Å². The molecule has 0 spiro atoms. The predicted molar refractivity (Wildman–Crippen MR) is 81.8 cm³/mol. The van der Waals surface area contributed by atoms with Crippen LogP contribution in [0.25, 0.3) is 0 Å². The van der Waals surface area contributed by atoms with Crippen molar-refractivity contribution in [3.63, 3.8) is 0 Å². The molecule has 3 heteroatoms. The third kappa shape index (κ3) is 3.48. The van der Waals surface area contributed by atoms with Gasteiger partial charge in [0.2, 0.25) is 5.91 Å². The number of anilines is 1. The van der Waals surface area contributed by atoms with Gasteiger partial charge in [0.25, 0.3) is 0 Å². The molecule has 1 aliphatic carbocycles. The Labute approximate surface area is 124 Å². The molecule has 108 valence electrons. The highest BCUT2D eigenvalue weighted by Crippen LogP contribution is 2.25. The van der Waals surface area contributed by atoms with Crippen LogP contribution in [0.2, 0.25) is 0 Å². The van der Waals surface area contributed by atoms with Gasteiger partial charge in [-0.3, -0.25) is 4.79 Å². The number of nitrogens with one attached hydrogen (secondary N) is 1. The van der Waals surface area contributed by atoms with Gasteiger partial charge in [-0.2, -0.15) is 0 Å². The second-order valence-corrected chi connectivity index (χ2v) is 5.52. The molecule has 0 heterocycles. The van der Waals surface area contributed by atoms with Crippen LogP contribution in [-0.2, 0) is 24.1 Å². The molecule has 0 bridgehead atoms. The van der Waals surface area contributed by atoms with Crippen molar-refractivity contribution in [3.05, 3.63) is 65.0 Å². The quantitative estimate of drug-likeness (QED) is 0.906. The summed E-state index contributed by atoms with van der Waals surface area (Å²) in [7, 11) is 0. The van der Waals surface area contributed by atoms with Crippen LogP contribution < -0.4 is 5.32 Å². The second-order valence-electron chi connectivity index (χ2n) is 5.52. The van der Waals surface area contributed by atoms with Crippen molar-refractivity contribution in [1.82, 2.24) is 0 Å². The summed E-state index contributed by atoms with van der Waals surface area (Å²) in [6.07, 6.45) is 4.35. The van der Waals surface area contributed by atoms with Gasteiger partial charge in [0.05, 0.1) is 0 Å². The molecule has 0 aliphatic heterocycles. The lowest BCUT2D eigenvalue weighted by atomic mass is 10.1. The third-order valence-corrected chi connectivity index (χ3v) is 3.91. The van der Waals surface area contributed by atoms with E-state index in [0.717, 1.165) is 24.1 Å². The molecule has 21 heavy (non-hydrogen) atoms. The van der Waals surface area contributed by atoms with E-state index in [1.54, 1.807) is 6.07 Å². The average Bonchev–Trinajstić information content (AvgIpc) is 2.93. The molecule has 0 saturated heterocycles. The van der Waals surface area contributed by atoms with Gasteiger partial charge in [0.1, 0.15) is 5.82 Å². The fraction of sp³-hybridized carbons (Fsp3) is 0.278. The summed E-state index contributed by atoms with van der Waals surface area (Å²) in [6.45, 7) is 0. The maximum atomic E-state index is 13.1. The first-order valence-corrected chi connectivity index (χ1v) is 7.37. The van der Waals surface area contributed by atoms with E-state index in [-0.39, 0.29) is 11.7 Å². The topological polar surface area (TPSA) is 29.1 Å². The summed E-state index contributed by atoms with van der Waals surface area (Å²) >= 11 is 0. The highest BCUT2D eigenvalue weighted by molar-refractivity contribution is 5.91. The van der Waals surface area contributed by atoms with Crippen molar-refractivity contribution in [1.29, 1.82) is 0 Å². The van der Waals surface area contributed by atoms with E-state index in [1.165, 1.54) is 29.7 Å². The summed E-state index contributed by atoms with van der Waals surface area (Å²) in [5.74, 6) is -0.288. The van der Waals surface area contributed by atoms with Gasteiger partial charge in [0, 0.05) is 12.1 Å². The Kier molecular flexibility index (Phi) is 4.00.